The van der Waals surface area contributed by atoms with Gasteiger partial charge in [-0.25, -0.2) is 4.79 Å². The SMILES string of the molecule is CCCCCCN(SC(C)(C)C(=O)c1ccccc1)C(=O)F. The molecule has 0 aliphatic rings. The highest BCUT2D eigenvalue weighted by Gasteiger charge is 2.33. The number of carbonyl (C=O) groups is 2. The van der Waals surface area contributed by atoms with E-state index in [9.17, 15) is 14.0 Å². The number of halogens is 1. The number of ketones is 1. The Morgan fingerprint density at radius 3 is 2.32 bits per heavy atom. The Morgan fingerprint density at radius 2 is 1.77 bits per heavy atom. The number of benzene rings is 1. The van der Waals surface area contributed by atoms with E-state index in [1.54, 1.807) is 38.1 Å². The van der Waals surface area contributed by atoms with Gasteiger partial charge in [-0.05, 0) is 32.2 Å². The molecule has 1 amide bonds. The first-order valence-corrected chi connectivity index (χ1v) is 8.41. The van der Waals surface area contributed by atoms with Gasteiger partial charge in [-0.3, -0.25) is 9.10 Å². The molecule has 0 saturated heterocycles. The summed E-state index contributed by atoms with van der Waals surface area (Å²) in [6, 6.07) is 8.87. The van der Waals surface area contributed by atoms with Gasteiger partial charge >= 0.3 is 6.16 Å². The summed E-state index contributed by atoms with van der Waals surface area (Å²) in [5.74, 6) is -0.113. The Hall–Kier alpha value is -1.36. The Balaban J connectivity index is 2.69. The van der Waals surface area contributed by atoms with E-state index >= 15 is 0 Å². The quantitative estimate of drug-likeness (QED) is 0.204. The van der Waals surface area contributed by atoms with Crippen molar-refractivity contribution in [1.82, 2.24) is 4.31 Å². The summed E-state index contributed by atoms with van der Waals surface area (Å²) in [6.45, 7) is 5.85. The van der Waals surface area contributed by atoms with E-state index < -0.39 is 10.9 Å². The lowest BCUT2D eigenvalue weighted by Gasteiger charge is -2.28. The van der Waals surface area contributed by atoms with Crippen LogP contribution in [-0.4, -0.2) is 27.5 Å². The fourth-order valence-corrected chi connectivity index (χ4v) is 3.15. The summed E-state index contributed by atoms with van der Waals surface area (Å²) >= 11 is 0.975. The summed E-state index contributed by atoms with van der Waals surface area (Å²) in [5.41, 5.74) is 0.567. The van der Waals surface area contributed by atoms with Crippen molar-refractivity contribution in [3.63, 3.8) is 0 Å². The van der Waals surface area contributed by atoms with Gasteiger partial charge in [-0.1, -0.05) is 56.5 Å². The van der Waals surface area contributed by atoms with E-state index in [-0.39, 0.29) is 5.78 Å². The maximum absolute atomic E-state index is 13.2. The van der Waals surface area contributed by atoms with Gasteiger partial charge in [0.15, 0.2) is 5.78 Å². The van der Waals surface area contributed by atoms with Gasteiger partial charge in [-0.2, -0.15) is 0 Å². The molecule has 0 unspecified atom stereocenters. The number of amides is 1. The number of hydrogen-bond donors (Lipinski definition) is 0. The first-order valence-electron chi connectivity index (χ1n) is 7.64. The molecule has 0 spiro atoms. The lowest BCUT2D eigenvalue weighted by Crippen LogP contribution is -2.35. The fourth-order valence-electron chi connectivity index (χ4n) is 2.11. The second-order valence-electron chi connectivity index (χ2n) is 5.71. The number of carbonyl (C=O) groups excluding carboxylic acids is 2. The predicted molar refractivity (Wildman–Crippen MR) is 89.8 cm³/mol. The van der Waals surface area contributed by atoms with Crippen molar-refractivity contribution in [2.24, 2.45) is 0 Å². The van der Waals surface area contributed by atoms with Crippen LogP contribution in [0.3, 0.4) is 0 Å². The first kappa shape index (κ1) is 18.7. The van der Waals surface area contributed by atoms with Crippen molar-refractivity contribution in [1.29, 1.82) is 0 Å². The van der Waals surface area contributed by atoms with Crippen LogP contribution in [0.1, 0.15) is 56.8 Å². The molecule has 0 atom stereocenters. The number of rotatable bonds is 9. The van der Waals surface area contributed by atoms with Gasteiger partial charge in [0, 0.05) is 12.1 Å². The van der Waals surface area contributed by atoms with E-state index in [4.69, 9.17) is 0 Å². The normalized spacial score (nSPS) is 11.3. The zero-order valence-electron chi connectivity index (χ0n) is 13.5. The molecule has 3 nitrogen and oxygen atoms in total. The van der Waals surface area contributed by atoms with E-state index in [2.05, 4.69) is 6.92 Å². The maximum atomic E-state index is 13.2. The number of unbranched alkanes of at least 4 members (excludes halogenated alkanes) is 3. The molecule has 0 aromatic heterocycles. The molecule has 0 bridgehead atoms. The smallest absolute Gasteiger partial charge is 0.293 e. The molecule has 1 aromatic carbocycles. The predicted octanol–water partition coefficient (Wildman–Crippen LogP) is 5.27. The molecular weight excluding hydrogens is 301 g/mol. The minimum Gasteiger partial charge on any atom is -0.293 e. The molecule has 5 heteroatoms. The van der Waals surface area contributed by atoms with Crippen LogP contribution in [0.5, 0.6) is 0 Å². The summed E-state index contributed by atoms with van der Waals surface area (Å²) in [6.07, 6.45) is 2.34. The van der Waals surface area contributed by atoms with Crippen molar-refractivity contribution in [2.45, 2.75) is 51.2 Å². The van der Waals surface area contributed by atoms with Gasteiger partial charge in [0.25, 0.3) is 0 Å². The van der Waals surface area contributed by atoms with Crippen molar-refractivity contribution < 1.29 is 14.0 Å². The van der Waals surface area contributed by atoms with Crippen molar-refractivity contribution in [3.8, 4) is 0 Å². The van der Waals surface area contributed by atoms with Gasteiger partial charge in [0.05, 0.1) is 4.75 Å². The Kier molecular flexibility index (Phi) is 7.59. The molecule has 0 aliphatic heterocycles. The lowest BCUT2D eigenvalue weighted by molar-refractivity contribution is 0.0956. The van der Waals surface area contributed by atoms with E-state index in [0.29, 0.717) is 12.1 Å². The van der Waals surface area contributed by atoms with Crippen LogP contribution in [-0.2, 0) is 0 Å². The van der Waals surface area contributed by atoms with Crippen LogP contribution in [0.4, 0.5) is 9.18 Å². The third-order valence-corrected chi connectivity index (χ3v) is 4.52. The monoisotopic (exact) mass is 325 g/mol. The molecule has 0 fully saturated rings. The van der Waals surface area contributed by atoms with Gasteiger partial charge < -0.3 is 0 Å². The zero-order chi connectivity index (χ0) is 16.6. The van der Waals surface area contributed by atoms with Crippen molar-refractivity contribution >= 4 is 23.9 Å². The Morgan fingerprint density at radius 1 is 1.14 bits per heavy atom. The minimum atomic E-state index is -1.49. The van der Waals surface area contributed by atoms with E-state index in [1.807, 2.05) is 6.07 Å². The molecule has 0 heterocycles. The highest BCUT2D eigenvalue weighted by atomic mass is 32.2. The lowest BCUT2D eigenvalue weighted by atomic mass is 10.0. The second kappa shape index (κ2) is 8.93. The molecule has 0 N–H and O–H groups in total. The number of hydrogen-bond acceptors (Lipinski definition) is 3. The summed E-state index contributed by atoms with van der Waals surface area (Å²) < 4.78 is 13.4. The molecule has 22 heavy (non-hydrogen) atoms. The topological polar surface area (TPSA) is 37.4 Å². The summed E-state index contributed by atoms with van der Waals surface area (Å²) in [7, 11) is 0. The van der Waals surface area contributed by atoms with Crippen molar-refractivity contribution in [2.75, 3.05) is 6.54 Å². The number of nitrogens with zero attached hydrogens (tertiary/aromatic N) is 1. The van der Waals surface area contributed by atoms with Crippen LogP contribution >= 0.6 is 11.9 Å². The molecule has 122 valence electrons. The largest absolute Gasteiger partial charge is 0.410 e. The van der Waals surface area contributed by atoms with E-state index in [1.165, 1.54) is 0 Å². The van der Waals surface area contributed by atoms with Crippen LogP contribution in [0.2, 0.25) is 0 Å². The molecule has 1 rings (SSSR count). The van der Waals surface area contributed by atoms with Gasteiger partial charge in [-0.15, -0.1) is 4.39 Å². The van der Waals surface area contributed by atoms with Crippen LogP contribution in [0.25, 0.3) is 0 Å². The van der Waals surface area contributed by atoms with E-state index in [0.717, 1.165) is 41.9 Å². The maximum Gasteiger partial charge on any atom is 0.410 e. The van der Waals surface area contributed by atoms with Crippen molar-refractivity contribution in [3.05, 3.63) is 35.9 Å². The highest BCUT2D eigenvalue weighted by molar-refractivity contribution is 7.99. The summed E-state index contributed by atoms with van der Waals surface area (Å²) in [4.78, 5) is 23.7. The Bertz CT molecular complexity index is 491. The zero-order valence-corrected chi connectivity index (χ0v) is 14.3. The average Bonchev–Trinajstić information content (AvgIpc) is 2.50. The second-order valence-corrected chi connectivity index (χ2v) is 7.36. The molecule has 1 aromatic rings. The summed E-state index contributed by atoms with van der Waals surface area (Å²) in [5, 5.41) is 0. The molecule has 0 aliphatic carbocycles. The standard InChI is InChI=1S/C17H24FNO2S/c1-4-5-6-10-13-19(16(18)21)22-17(2,3)15(20)14-11-8-7-9-12-14/h7-9,11-12H,4-6,10,13H2,1-3H3. The first-order chi connectivity index (χ1) is 10.4. The molecular formula is C17H24FNO2S. The number of Topliss-reactive ketones (excluding diaryl/α,β-unsaturated/α-hetero) is 1. The third kappa shape index (κ3) is 5.79. The minimum absolute atomic E-state index is 0.113. The third-order valence-electron chi connectivity index (χ3n) is 3.33. The fraction of sp³-hybridized carbons (Fsp3) is 0.529. The van der Waals surface area contributed by atoms with Gasteiger partial charge in [0.1, 0.15) is 0 Å². The molecule has 0 radical (unpaired) electrons. The molecule has 0 saturated carbocycles. The Labute approximate surface area is 136 Å². The average molecular weight is 325 g/mol. The highest BCUT2D eigenvalue weighted by Crippen LogP contribution is 2.32. The van der Waals surface area contributed by atoms with Crippen LogP contribution in [0.15, 0.2) is 30.3 Å². The van der Waals surface area contributed by atoms with Crippen LogP contribution < -0.4 is 0 Å². The van der Waals surface area contributed by atoms with Crippen LogP contribution in [0, 0.1) is 0 Å². The van der Waals surface area contributed by atoms with Gasteiger partial charge in [0.2, 0.25) is 0 Å².